The van der Waals surface area contributed by atoms with Gasteiger partial charge in [0.05, 0.1) is 0 Å². The van der Waals surface area contributed by atoms with Crippen LogP contribution in [0.5, 0.6) is 0 Å². The normalized spacial score (nSPS) is 17.3. The van der Waals surface area contributed by atoms with Gasteiger partial charge in [0.2, 0.25) is 0 Å². The molecule has 0 aromatic carbocycles. The van der Waals surface area contributed by atoms with Crippen molar-refractivity contribution in [1.29, 1.82) is 0 Å². The molecule has 0 bridgehead atoms. The molecule has 2 atom stereocenters. The van der Waals surface area contributed by atoms with E-state index in [2.05, 4.69) is 36.4 Å². The van der Waals surface area contributed by atoms with Crippen LogP contribution in [0.1, 0.15) is 33.1 Å². The van der Waals surface area contributed by atoms with Crippen molar-refractivity contribution >= 4 is 22.6 Å². The minimum Gasteiger partial charge on any atom is -0.328 e. The van der Waals surface area contributed by atoms with Crippen molar-refractivity contribution in [1.82, 2.24) is 0 Å². The van der Waals surface area contributed by atoms with E-state index in [1.165, 1.54) is 12.8 Å². The summed E-state index contributed by atoms with van der Waals surface area (Å²) in [7, 11) is 0. The van der Waals surface area contributed by atoms with E-state index in [1.807, 2.05) is 0 Å². The van der Waals surface area contributed by atoms with Crippen LogP contribution in [-0.4, -0.2) is 9.97 Å². The van der Waals surface area contributed by atoms with Gasteiger partial charge in [0.1, 0.15) is 0 Å². The second kappa shape index (κ2) is 5.47. The molecule has 0 aliphatic rings. The fraction of sp³-hybridized carbons (Fsp3) is 1.00. The van der Waals surface area contributed by atoms with Crippen molar-refractivity contribution in [2.24, 2.45) is 5.73 Å². The summed E-state index contributed by atoms with van der Waals surface area (Å²) in [4.78, 5) is 0. The first kappa shape index (κ1) is 9.69. The van der Waals surface area contributed by atoms with Crippen molar-refractivity contribution in [3.05, 3.63) is 0 Å². The van der Waals surface area contributed by atoms with Crippen molar-refractivity contribution in [3.63, 3.8) is 0 Å². The second-order valence-corrected chi connectivity index (χ2v) is 4.65. The summed E-state index contributed by atoms with van der Waals surface area (Å²) in [5.74, 6) is 0. The second-order valence-electron chi connectivity index (χ2n) is 2.53. The molecule has 0 spiro atoms. The molecule has 0 saturated carbocycles. The van der Waals surface area contributed by atoms with Crippen LogP contribution in [0.3, 0.4) is 0 Å². The van der Waals surface area contributed by atoms with E-state index in [0.29, 0.717) is 6.04 Å². The third kappa shape index (κ3) is 6.58. The third-order valence-electron chi connectivity index (χ3n) is 1.46. The van der Waals surface area contributed by atoms with Gasteiger partial charge in [-0.15, -0.1) is 0 Å². The Labute approximate surface area is 71.5 Å². The van der Waals surface area contributed by atoms with E-state index >= 15 is 0 Å². The minimum atomic E-state index is 0.433. The maximum absolute atomic E-state index is 5.72. The highest BCUT2D eigenvalue weighted by Gasteiger charge is 2.00. The standard InChI is InChI=1S/C7H16IN/c1-3-7(9)5-4-6(2)8/h6-7H,3-5,9H2,1-2H3. The van der Waals surface area contributed by atoms with Gasteiger partial charge in [-0.05, 0) is 19.3 Å². The molecule has 0 aromatic rings. The molecule has 0 aliphatic carbocycles. The van der Waals surface area contributed by atoms with Gasteiger partial charge in [0.25, 0.3) is 0 Å². The predicted octanol–water partition coefficient (Wildman–Crippen LogP) is 2.33. The van der Waals surface area contributed by atoms with Gasteiger partial charge in [0, 0.05) is 9.97 Å². The maximum Gasteiger partial charge on any atom is 0.00819 e. The first-order chi connectivity index (χ1) is 4.16. The van der Waals surface area contributed by atoms with E-state index < -0.39 is 0 Å². The highest BCUT2D eigenvalue weighted by molar-refractivity contribution is 14.1. The number of halogens is 1. The Morgan fingerprint density at radius 3 is 2.33 bits per heavy atom. The number of hydrogen-bond acceptors (Lipinski definition) is 1. The van der Waals surface area contributed by atoms with Crippen molar-refractivity contribution in [2.75, 3.05) is 0 Å². The van der Waals surface area contributed by atoms with Gasteiger partial charge >= 0.3 is 0 Å². The Bertz CT molecular complexity index is 63.9. The molecule has 0 fully saturated rings. The molecular formula is C7H16IN. The zero-order valence-electron chi connectivity index (χ0n) is 6.23. The van der Waals surface area contributed by atoms with E-state index in [1.54, 1.807) is 0 Å². The van der Waals surface area contributed by atoms with Crippen LogP contribution < -0.4 is 5.73 Å². The van der Waals surface area contributed by atoms with Gasteiger partial charge < -0.3 is 5.73 Å². The Hall–Kier alpha value is 0.690. The van der Waals surface area contributed by atoms with Crippen molar-refractivity contribution in [3.8, 4) is 0 Å². The zero-order valence-corrected chi connectivity index (χ0v) is 8.39. The molecule has 1 nitrogen and oxygen atoms in total. The van der Waals surface area contributed by atoms with Crippen LogP contribution in [0.4, 0.5) is 0 Å². The molecule has 56 valence electrons. The highest BCUT2D eigenvalue weighted by Crippen LogP contribution is 2.09. The lowest BCUT2D eigenvalue weighted by Gasteiger charge is -2.08. The summed E-state index contributed by atoms with van der Waals surface area (Å²) in [6.45, 7) is 4.37. The largest absolute Gasteiger partial charge is 0.328 e. The number of alkyl halides is 1. The smallest absolute Gasteiger partial charge is 0.00819 e. The fourth-order valence-electron chi connectivity index (χ4n) is 0.648. The lowest BCUT2D eigenvalue weighted by atomic mass is 10.1. The first-order valence-electron chi connectivity index (χ1n) is 3.56. The molecule has 0 aromatic heterocycles. The van der Waals surface area contributed by atoms with Gasteiger partial charge in [0.15, 0.2) is 0 Å². The molecule has 0 radical (unpaired) electrons. The summed E-state index contributed by atoms with van der Waals surface area (Å²) >= 11 is 2.44. The zero-order chi connectivity index (χ0) is 7.28. The van der Waals surface area contributed by atoms with E-state index in [4.69, 9.17) is 5.73 Å². The highest BCUT2D eigenvalue weighted by atomic mass is 127. The predicted molar refractivity (Wildman–Crippen MR) is 51.0 cm³/mol. The van der Waals surface area contributed by atoms with E-state index in [-0.39, 0.29) is 0 Å². The Morgan fingerprint density at radius 2 is 2.00 bits per heavy atom. The average Bonchev–Trinajstić information content (AvgIpc) is 1.83. The molecule has 0 saturated heterocycles. The van der Waals surface area contributed by atoms with Gasteiger partial charge in [-0.3, -0.25) is 0 Å². The van der Waals surface area contributed by atoms with E-state index in [0.717, 1.165) is 10.3 Å². The van der Waals surface area contributed by atoms with Crippen LogP contribution in [0.25, 0.3) is 0 Å². The summed E-state index contributed by atoms with van der Waals surface area (Å²) in [5.41, 5.74) is 5.72. The third-order valence-corrected chi connectivity index (χ3v) is 2.08. The summed E-state index contributed by atoms with van der Waals surface area (Å²) in [5, 5.41) is 0. The Kier molecular flexibility index (Phi) is 5.89. The first-order valence-corrected chi connectivity index (χ1v) is 4.81. The molecule has 2 heteroatoms. The Morgan fingerprint density at radius 1 is 1.44 bits per heavy atom. The number of nitrogens with two attached hydrogens (primary N) is 1. The van der Waals surface area contributed by atoms with Gasteiger partial charge in [-0.1, -0.05) is 36.4 Å². The number of rotatable bonds is 4. The van der Waals surface area contributed by atoms with Gasteiger partial charge in [-0.25, -0.2) is 0 Å². The summed E-state index contributed by atoms with van der Waals surface area (Å²) in [6.07, 6.45) is 3.56. The van der Waals surface area contributed by atoms with Crippen molar-refractivity contribution in [2.45, 2.75) is 43.1 Å². The molecule has 0 aliphatic heterocycles. The molecule has 2 N–H and O–H groups in total. The molecule has 0 heterocycles. The maximum atomic E-state index is 5.72. The fourth-order valence-corrected chi connectivity index (χ4v) is 1.01. The average molecular weight is 241 g/mol. The minimum absolute atomic E-state index is 0.433. The van der Waals surface area contributed by atoms with Crippen LogP contribution in [0.15, 0.2) is 0 Å². The quantitative estimate of drug-likeness (QED) is 0.593. The van der Waals surface area contributed by atoms with Crippen molar-refractivity contribution < 1.29 is 0 Å². The molecule has 0 rings (SSSR count). The van der Waals surface area contributed by atoms with Crippen LogP contribution in [-0.2, 0) is 0 Å². The molecule has 2 unspecified atom stereocenters. The Balaban J connectivity index is 3.06. The van der Waals surface area contributed by atoms with Crippen LogP contribution in [0.2, 0.25) is 0 Å². The summed E-state index contributed by atoms with van der Waals surface area (Å²) < 4.78 is 0.778. The molecule has 9 heavy (non-hydrogen) atoms. The van der Waals surface area contributed by atoms with E-state index in [9.17, 15) is 0 Å². The lowest BCUT2D eigenvalue weighted by Crippen LogP contribution is -2.19. The monoisotopic (exact) mass is 241 g/mol. The van der Waals surface area contributed by atoms with Crippen LogP contribution >= 0.6 is 22.6 Å². The summed E-state index contributed by atoms with van der Waals surface area (Å²) in [6, 6.07) is 0.433. The molecular weight excluding hydrogens is 225 g/mol. The topological polar surface area (TPSA) is 26.0 Å². The SMILES string of the molecule is CCC(N)CCC(C)I. The lowest BCUT2D eigenvalue weighted by molar-refractivity contribution is 0.572. The number of hydrogen-bond donors (Lipinski definition) is 1. The van der Waals surface area contributed by atoms with Crippen LogP contribution in [0, 0.1) is 0 Å². The van der Waals surface area contributed by atoms with Gasteiger partial charge in [-0.2, -0.15) is 0 Å². The molecule has 0 amide bonds.